The first-order chi connectivity index (χ1) is 9.63. The molecule has 1 fully saturated rings. The molecule has 6 heteroatoms. The van der Waals surface area contributed by atoms with Crippen LogP contribution in [0.4, 0.5) is 0 Å². The summed E-state index contributed by atoms with van der Waals surface area (Å²) in [6.45, 7) is 2.70. The van der Waals surface area contributed by atoms with Gasteiger partial charge in [0, 0.05) is 7.05 Å². The number of nitrogens with zero attached hydrogens (tertiary/aromatic N) is 4. The number of aromatic nitrogens is 4. The van der Waals surface area contributed by atoms with Crippen LogP contribution in [-0.2, 0) is 18.4 Å². The molecular formula is C14H19ClN4O. The van der Waals surface area contributed by atoms with E-state index in [1.54, 1.807) is 10.9 Å². The molecule has 2 aromatic rings. The third-order valence-corrected chi connectivity index (χ3v) is 4.22. The van der Waals surface area contributed by atoms with Crippen molar-refractivity contribution < 1.29 is 4.74 Å². The summed E-state index contributed by atoms with van der Waals surface area (Å²) in [6.07, 6.45) is 6.82. The van der Waals surface area contributed by atoms with Crippen LogP contribution in [0.3, 0.4) is 0 Å². The van der Waals surface area contributed by atoms with Crippen molar-refractivity contribution in [2.75, 3.05) is 0 Å². The van der Waals surface area contributed by atoms with E-state index in [1.165, 1.54) is 12.8 Å². The maximum Gasteiger partial charge on any atom is 0.162 e. The Morgan fingerprint density at radius 2 is 2.25 bits per heavy atom. The number of hydrogen-bond acceptors (Lipinski definition) is 4. The van der Waals surface area contributed by atoms with Crippen LogP contribution >= 0.6 is 11.6 Å². The van der Waals surface area contributed by atoms with Gasteiger partial charge in [0.1, 0.15) is 11.8 Å². The number of hydrogen-bond donors (Lipinski definition) is 0. The molecule has 1 aliphatic rings. The van der Waals surface area contributed by atoms with Crippen LogP contribution in [0.5, 0.6) is 0 Å². The van der Waals surface area contributed by atoms with Gasteiger partial charge in [0.2, 0.25) is 0 Å². The molecule has 0 radical (unpaired) electrons. The van der Waals surface area contributed by atoms with Gasteiger partial charge in [-0.2, -0.15) is 5.10 Å². The molecule has 0 aromatic carbocycles. The summed E-state index contributed by atoms with van der Waals surface area (Å²) in [4.78, 5) is 8.77. The fourth-order valence-electron chi connectivity index (χ4n) is 2.82. The lowest BCUT2D eigenvalue weighted by molar-refractivity contribution is 0.00172. The molecule has 1 saturated carbocycles. The van der Waals surface area contributed by atoms with Crippen molar-refractivity contribution in [2.45, 2.75) is 45.3 Å². The van der Waals surface area contributed by atoms with Gasteiger partial charge in [-0.05, 0) is 18.8 Å². The second-order valence-corrected chi connectivity index (χ2v) is 6.00. The highest BCUT2D eigenvalue weighted by Gasteiger charge is 2.20. The van der Waals surface area contributed by atoms with Crippen molar-refractivity contribution in [2.24, 2.45) is 13.0 Å². The summed E-state index contributed by atoms with van der Waals surface area (Å²) < 4.78 is 7.65. The van der Waals surface area contributed by atoms with Gasteiger partial charge >= 0.3 is 0 Å². The Hall–Kier alpha value is -1.20. The topological polar surface area (TPSA) is 52.8 Å². The minimum Gasteiger partial charge on any atom is -0.370 e. The van der Waals surface area contributed by atoms with Crippen LogP contribution < -0.4 is 0 Å². The highest BCUT2D eigenvalue weighted by Crippen LogP contribution is 2.26. The summed E-state index contributed by atoms with van der Waals surface area (Å²) >= 11 is 6.16. The van der Waals surface area contributed by atoms with Crippen LogP contribution in [-0.4, -0.2) is 25.9 Å². The van der Waals surface area contributed by atoms with Gasteiger partial charge in [0.15, 0.2) is 11.5 Å². The maximum atomic E-state index is 6.16. The Kier molecular flexibility index (Phi) is 3.89. The molecular weight excluding hydrogens is 276 g/mol. The van der Waals surface area contributed by atoms with E-state index < -0.39 is 0 Å². The van der Waals surface area contributed by atoms with Crippen molar-refractivity contribution in [3.8, 4) is 0 Å². The van der Waals surface area contributed by atoms with Crippen molar-refractivity contribution >= 4 is 22.6 Å². The highest BCUT2D eigenvalue weighted by molar-refractivity contribution is 6.33. The molecule has 2 atom stereocenters. The fraction of sp³-hybridized carbons (Fsp3) is 0.643. The monoisotopic (exact) mass is 294 g/mol. The molecule has 2 unspecified atom stereocenters. The standard InChI is InChI=1S/C14H19ClN4O/c1-9-4-3-5-10(6-9)20-8-12-17-13(15)11-7-16-19(2)14(11)18-12/h7,9-10H,3-6,8H2,1-2H3. The number of halogens is 1. The molecule has 20 heavy (non-hydrogen) atoms. The summed E-state index contributed by atoms with van der Waals surface area (Å²) in [6, 6.07) is 0. The second kappa shape index (κ2) is 5.66. The first-order valence-corrected chi connectivity index (χ1v) is 7.47. The van der Waals surface area contributed by atoms with E-state index >= 15 is 0 Å². The fourth-order valence-corrected chi connectivity index (χ4v) is 3.05. The van der Waals surface area contributed by atoms with Gasteiger partial charge in [0.05, 0.1) is 17.7 Å². The molecule has 0 bridgehead atoms. The van der Waals surface area contributed by atoms with Gasteiger partial charge in [-0.3, -0.25) is 4.68 Å². The predicted octanol–water partition coefficient (Wildman–Crippen LogP) is 3.11. The Bertz CT molecular complexity index is 612. The van der Waals surface area contributed by atoms with E-state index in [-0.39, 0.29) is 0 Å². The number of ether oxygens (including phenoxy) is 1. The zero-order valence-corrected chi connectivity index (χ0v) is 12.6. The van der Waals surface area contributed by atoms with E-state index in [0.717, 1.165) is 29.8 Å². The molecule has 0 aliphatic heterocycles. The van der Waals surface area contributed by atoms with Crippen LogP contribution in [0.2, 0.25) is 5.15 Å². The van der Waals surface area contributed by atoms with Crippen molar-refractivity contribution in [3.05, 3.63) is 17.2 Å². The Morgan fingerprint density at radius 3 is 3.05 bits per heavy atom. The molecule has 0 amide bonds. The smallest absolute Gasteiger partial charge is 0.162 e. The maximum absolute atomic E-state index is 6.16. The summed E-state index contributed by atoms with van der Waals surface area (Å²) in [5.74, 6) is 1.38. The van der Waals surface area contributed by atoms with Gasteiger partial charge in [-0.25, -0.2) is 9.97 Å². The second-order valence-electron chi connectivity index (χ2n) is 5.64. The van der Waals surface area contributed by atoms with Gasteiger partial charge < -0.3 is 4.74 Å². The Labute approximate surface area is 123 Å². The lowest BCUT2D eigenvalue weighted by Crippen LogP contribution is -2.21. The molecule has 0 saturated heterocycles. The van der Waals surface area contributed by atoms with Crippen LogP contribution in [0.15, 0.2) is 6.20 Å². The predicted molar refractivity (Wildman–Crippen MR) is 77.5 cm³/mol. The first-order valence-electron chi connectivity index (χ1n) is 7.09. The van der Waals surface area contributed by atoms with Crippen molar-refractivity contribution in [1.82, 2.24) is 19.7 Å². The van der Waals surface area contributed by atoms with Gasteiger partial charge in [-0.1, -0.05) is 31.4 Å². The van der Waals surface area contributed by atoms with Crippen molar-refractivity contribution in [3.63, 3.8) is 0 Å². The third kappa shape index (κ3) is 2.79. The van der Waals surface area contributed by atoms with E-state index in [9.17, 15) is 0 Å². The molecule has 3 rings (SSSR count). The molecule has 1 aliphatic carbocycles. The number of aryl methyl sites for hydroxylation is 1. The molecule has 0 spiro atoms. The van der Waals surface area contributed by atoms with Crippen LogP contribution in [0.1, 0.15) is 38.4 Å². The Morgan fingerprint density at radius 1 is 1.40 bits per heavy atom. The van der Waals surface area contributed by atoms with Crippen LogP contribution in [0.25, 0.3) is 11.0 Å². The average Bonchev–Trinajstić information content (AvgIpc) is 2.79. The number of rotatable bonds is 3. The lowest BCUT2D eigenvalue weighted by atomic mass is 9.89. The lowest BCUT2D eigenvalue weighted by Gasteiger charge is -2.26. The van der Waals surface area contributed by atoms with E-state index in [2.05, 4.69) is 22.0 Å². The molecule has 108 valence electrons. The van der Waals surface area contributed by atoms with Crippen LogP contribution in [0, 0.1) is 5.92 Å². The molecule has 2 heterocycles. The van der Waals surface area contributed by atoms with Crippen molar-refractivity contribution in [1.29, 1.82) is 0 Å². The number of fused-ring (bicyclic) bond motifs is 1. The van der Waals surface area contributed by atoms with E-state index in [1.807, 2.05) is 7.05 Å². The highest BCUT2D eigenvalue weighted by atomic mass is 35.5. The first kappa shape index (κ1) is 13.8. The summed E-state index contributed by atoms with van der Waals surface area (Å²) in [5.41, 5.74) is 0.751. The summed E-state index contributed by atoms with van der Waals surface area (Å²) in [7, 11) is 1.85. The van der Waals surface area contributed by atoms with E-state index in [0.29, 0.717) is 23.7 Å². The zero-order valence-electron chi connectivity index (χ0n) is 11.8. The zero-order chi connectivity index (χ0) is 14.1. The van der Waals surface area contributed by atoms with Gasteiger partial charge in [0.25, 0.3) is 0 Å². The quantitative estimate of drug-likeness (QED) is 0.816. The van der Waals surface area contributed by atoms with E-state index in [4.69, 9.17) is 16.3 Å². The largest absolute Gasteiger partial charge is 0.370 e. The summed E-state index contributed by atoms with van der Waals surface area (Å²) in [5, 5.41) is 5.37. The third-order valence-electron chi connectivity index (χ3n) is 3.93. The van der Waals surface area contributed by atoms with Gasteiger partial charge in [-0.15, -0.1) is 0 Å². The molecule has 5 nitrogen and oxygen atoms in total. The average molecular weight is 295 g/mol. The Balaban J connectivity index is 1.72. The molecule has 0 N–H and O–H groups in total. The normalized spacial score (nSPS) is 23.4. The SMILES string of the molecule is CC1CCCC(OCc2nc(Cl)c3cnn(C)c3n2)C1. The minimum atomic E-state index is 0.323. The molecule has 2 aromatic heterocycles. The minimum absolute atomic E-state index is 0.323.